The molecule has 10 aromatic rings. The van der Waals surface area contributed by atoms with Crippen LogP contribution in [0.5, 0.6) is 0 Å². The molecule has 0 saturated carbocycles. The Kier molecular flexibility index (Phi) is 4.81. The third-order valence-electron chi connectivity index (χ3n) is 9.75. The molecule has 0 aliphatic rings. The summed E-state index contributed by atoms with van der Waals surface area (Å²) < 4.78 is 0. The molecule has 0 aliphatic heterocycles. The molecule has 0 aromatic heterocycles. The Morgan fingerprint density at radius 3 is 1.07 bits per heavy atom. The van der Waals surface area contributed by atoms with Gasteiger partial charge in [0.15, 0.2) is 0 Å². The Hall–Kier alpha value is -5.72. The summed E-state index contributed by atoms with van der Waals surface area (Å²) in [4.78, 5) is 0. The molecule has 0 unspecified atom stereocenters. The van der Waals surface area contributed by atoms with Crippen molar-refractivity contribution in [2.24, 2.45) is 0 Å². The fourth-order valence-electron chi connectivity index (χ4n) is 7.84. The molecule has 0 saturated heterocycles. The zero-order valence-corrected chi connectivity index (χ0v) is 24.0. The first-order chi connectivity index (χ1) is 21.8. The third kappa shape index (κ3) is 3.23. The summed E-state index contributed by atoms with van der Waals surface area (Å²) in [6, 6.07) is 58.5. The van der Waals surface area contributed by atoms with Gasteiger partial charge in [-0.05, 0) is 110 Å². The van der Waals surface area contributed by atoms with Gasteiger partial charge in [0.1, 0.15) is 0 Å². The minimum absolute atomic E-state index is 1.25. The minimum Gasteiger partial charge on any atom is -0.0622 e. The van der Waals surface area contributed by atoms with E-state index in [1.807, 2.05) is 0 Å². The van der Waals surface area contributed by atoms with Crippen molar-refractivity contribution in [1.82, 2.24) is 0 Å². The molecular weight excluding hydrogens is 528 g/mol. The molecule has 0 spiro atoms. The average molecular weight is 555 g/mol. The van der Waals surface area contributed by atoms with Gasteiger partial charge in [-0.15, -0.1) is 0 Å². The van der Waals surface area contributed by atoms with Crippen LogP contribution in [0, 0.1) is 0 Å². The molecular formula is C44H26. The van der Waals surface area contributed by atoms with Crippen molar-refractivity contribution in [3.63, 3.8) is 0 Å². The van der Waals surface area contributed by atoms with Gasteiger partial charge >= 0.3 is 0 Å². The van der Waals surface area contributed by atoms with Crippen LogP contribution in [0.25, 0.3) is 98.0 Å². The molecule has 0 bridgehead atoms. The minimum atomic E-state index is 1.25. The smallest absolute Gasteiger partial charge is 0.00143 e. The molecule has 10 aromatic carbocycles. The van der Waals surface area contributed by atoms with Gasteiger partial charge in [0.05, 0.1) is 0 Å². The van der Waals surface area contributed by atoms with Crippen LogP contribution in [0.3, 0.4) is 0 Å². The first-order valence-corrected chi connectivity index (χ1v) is 15.4. The van der Waals surface area contributed by atoms with Gasteiger partial charge in [0.2, 0.25) is 0 Å². The second-order valence-electron chi connectivity index (χ2n) is 12.0. The fourth-order valence-corrected chi connectivity index (χ4v) is 7.84. The van der Waals surface area contributed by atoms with Crippen LogP contribution in [-0.2, 0) is 0 Å². The maximum Gasteiger partial charge on any atom is -0.00143 e. The Balaban J connectivity index is 1.37. The summed E-state index contributed by atoms with van der Waals surface area (Å²) in [6.45, 7) is 0. The molecule has 0 nitrogen and oxygen atoms in total. The lowest BCUT2D eigenvalue weighted by molar-refractivity contribution is 1.66. The van der Waals surface area contributed by atoms with Crippen LogP contribution in [0.1, 0.15) is 0 Å². The Morgan fingerprint density at radius 2 is 0.614 bits per heavy atom. The Labute approximate surface area is 255 Å². The number of hydrogen-bond donors (Lipinski definition) is 0. The van der Waals surface area contributed by atoms with E-state index < -0.39 is 0 Å². The molecule has 44 heavy (non-hydrogen) atoms. The summed E-state index contributed by atoms with van der Waals surface area (Å²) >= 11 is 0. The van der Waals surface area contributed by atoms with Gasteiger partial charge in [0.25, 0.3) is 0 Å². The molecule has 0 aliphatic carbocycles. The molecule has 0 atom stereocenters. The average Bonchev–Trinajstić information content (AvgIpc) is 3.10. The quantitative estimate of drug-likeness (QED) is 0.191. The molecule has 0 heterocycles. The highest BCUT2D eigenvalue weighted by Crippen LogP contribution is 2.48. The van der Waals surface area contributed by atoms with Gasteiger partial charge in [-0.2, -0.15) is 0 Å². The molecule has 0 N–H and O–H groups in total. The van der Waals surface area contributed by atoms with Crippen LogP contribution in [-0.4, -0.2) is 0 Å². The molecule has 202 valence electrons. The maximum absolute atomic E-state index is 2.43. The number of benzene rings is 10. The van der Waals surface area contributed by atoms with E-state index in [-0.39, 0.29) is 0 Å². The predicted molar refractivity (Wildman–Crippen MR) is 190 cm³/mol. The zero-order valence-electron chi connectivity index (χ0n) is 24.0. The van der Waals surface area contributed by atoms with Gasteiger partial charge in [-0.25, -0.2) is 0 Å². The van der Waals surface area contributed by atoms with Crippen LogP contribution in [0.4, 0.5) is 0 Å². The summed E-state index contributed by atoms with van der Waals surface area (Å²) in [6.07, 6.45) is 0. The van der Waals surface area contributed by atoms with Gasteiger partial charge < -0.3 is 0 Å². The first-order valence-electron chi connectivity index (χ1n) is 15.4. The van der Waals surface area contributed by atoms with Crippen molar-refractivity contribution in [3.05, 3.63) is 158 Å². The topological polar surface area (TPSA) is 0 Å². The van der Waals surface area contributed by atoms with E-state index >= 15 is 0 Å². The summed E-state index contributed by atoms with van der Waals surface area (Å²) in [5.41, 5.74) is 7.65. The monoisotopic (exact) mass is 554 g/mol. The third-order valence-corrected chi connectivity index (χ3v) is 9.75. The standard InChI is InChI=1S/C44H26/c1-3-9-27(10-4-1)33-21-23-37-39(25-31-15-7-13-29-17-19-35(33)43(37)41(29)31)40-26-32-16-8-14-30-18-20-36-34(28-11-5-2-6-12-28)22-24-38(40)44(36)42(30)32/h1-26H. The largest absolute Gasteiger partial charge is 0.0622 e. The van der Waals surface area contributed by atoms with Gasteiger partial charge in [-0.1, -0.05) is 146 Å². The Bertz CT molecular complexity index is 2490. The highest BCUT2D eigenvalue weighted by molar-refractivity contribution is 6.32. The summed E-state index contributed by atoms with van der Waals surface area (Å²) in [7, 11) is 0. The van der Waals surface area contributed by atoms with Crippen molar-refractivity contribution >= 4 is 64.6 Å². The van der Waals surface area contributed by atoms with Crippen molar-refractivity contribution in [2.45, 2.75) is 0 Å². The van der Waals surface area contributed by atoms with E-state index in [0.717, 1.165) is 0 Å². The molecule has 0 amide bonds. The van der Waals surface area contributed by atoms with Crippen molar-refractivity contribution in [2.75, 3.05) is 0 Å². The number of rotatable bonds is 3. The number of hydrogen-bond acceptors (Lipinski definition) is 0. The van der Waals surface area contributed by atoms with Gasteiger partial charge in [-0.3, -0.25) is 0 Å². The van der Waals surface area contributed by atoms with Crippen LogP contribution >= 0.6 is 0 Å². The Morgan fingerprint density at radius 1 is 0.227 bits per heavy atom. The van der Waals surface area contributed by atoms with Crippen molar-refractivity contribution < 1.29 is 0 Å². The van der Waals surface area contributed by atoms with E-state index in [2.05, 4.69) is 158 Å². The lowest BCUT2D eigenvalue weighted by Gasteiger charge is -2.21. The second kappa shape index (κ2) is 8.89. The van der Waals surface area contributed by atoms with E-state index in [0.29, 0.717) is 0 Å². The van der Waals surface area contributed by atoms with Crippen molar-refractivity contribution in [3.8, 4) is 33.4 Å². The summed E-state index contributed by atoms with van der Waals surface area (Å²) in [5, 5.41) is 15.8. The molecule has 10 rings (SSSR count). The lowest BCUT2D eigenvalue weighted by atomic mass is 9.82. The van der Waals surface area contributed by atoms with E-state index in [4.69, 9.17) is 0 Å². The normalized spacial score (nSPS) is 12.1. The van der Waals surface area contributed by atoms with Crippen LogP contribution in [0.15, 0.2) is 158 Å². The second-order valence-corrected chi connectivity index (χ2v) is 12.0. The summed E-state index contributed by atoms with van der Waals surface area (Å²) in [5.74, 6) is 0. The molecule has 0 fully saturated rings. The highest BCUT2D eigenvalue weighted by Gasteiger charge is 2.20. The predicted octanol–water partition coefficient (Wildman–Crippen LogP) is 12.5. The maximum atomic E-state index is 2.43. The first kappa shape index (κ1) is 23.8. The lowest BCUT2D eigenvalue weighted by Crippen LogP contribution is -1.93. The SMILES string of the molecule is c1ccc(-c2ccc3c(-c4cc5cccc6ccc7c(-c8ccccc8)ccc4c7c65)cc4cccc5ccc2c3c54)cc1. The fraction of sp³-hybridized carbons (Fsp3) is 0. The van der Waals surface area contributed by atoms with Crippen LogP contribution < -0.4 is 0 Å². The molecule has 0 radical (unpaired) electrons. The van der Waals surface area contributed by atoms with E-state index in [1.54, 1.807) is 0 Å². The van der Waals surface area contributed by atoms with E-state index in [9.17, 15) is 0 Å². The van der Waals surface area contributed by atoms with E-state index in [1.165, 1.54) is 98.0 Å². The zero-order chi connectivity index (χ0) is 28.8. The van der Waals surface area contributed by atoms with Gasteiger partial charge in [0, 0.05) is 0 Å². The highest BCUT2D eigenvalue weighted by atomic mass is 14.2. The van der Waals surface area contributed by atoms with Crippen molar-refractivity contribution in [1.29, 1.82) is 0 Å². The van der Waals surface area contributed by atoms with Crippen LogP contribution in [0.2, 0.25) is 0 Å². The molecule has 0 heteroatoms.